The van der Waals surface area contributed by atoms with E-state index in [1.165, 1.54) is 37.7 Å². The van der Waals surface area contributed by atoms with Crippen LogP contribution in [0.1, 0.15) is 29.7 Å². The molecule has 1 aromatic carbocycles. The fourth-order valence-corrected chi connectivity index (χ4v) is 3.82. The number of aromatic nitrogens is 1. The standard InChI is InChI=1S/C19H25N5O3S/c1-13-6-7-15(16(10-13)24-8-4-3-5-9-24)22-17(25)23-18-20-11-14(28-18)12-21-19(26)27-2/h6-7,10-11H,3-5,8-9,12H2,1-2H3,(H,21,26)(H2,20,22,23,25). The average Bonchev–Trinajstić information content (AvgIpc) is 3.15. The Kier molecular flexibility index (Phi) is 6.70. The zero-order valence-electron chi connectivity index (χ0n) is 16.1. The number of hydrogen-bond acceptors (Lipinski definition) is 6. The van der Waals surface area contributed by atoms with Gasteiger partial charge in [0.1, 0.15) is 0 Å². The Morgan fingerprint density at radius 2 is 2.00 bits per heavy atom. The topological polar surface area (TPSA) is 95.6 Å². The Balaban J connectivity index is 1.62. The number of ether oxygens (including phenoxy) is 1. The lowest BCUT2D eigenvalue weighted by atomic mass is 10.1. The number of thiazole rings is 1. The fourth-order valence-electron chi connectivity index (χ4n) is 3.07. The maximum atomic E-state index is 12.5. The number of rotatable bonds is 5. The minimum absolute atomic E-state index is 0.296. The van der Waals surface area contributed by atoms with E-state index in [1.807, 2.05) is 12.1 Å². The molecule has 1 aliphatic rings. The Hall–Kier alpha value is -2.81. The molecule has 0 bridgehead atoms. The molecule has 28 heavy (non-hydrogen) atoms. The van der Waals surface area contributed by atoms with Crippen molar-refractivity contribution in [1.82, 2.24) is 10.3 Å². The second kappa shape index (κ2) is 9.41. The molecular formula is C19H25N5O3S. The molecule has 150 valence electrons. The summed E-state index contributed by atoms with van der Waals surface area (Å²) in [7, 11) is 1.31. The first-order valence-electron chi connectivity index (χ1n) is 9.25. The number of nitrogens with zero attached hydrogens (tertiary/aromatic N) is 2. The third kappa shape index (κ3) is 5.35. The zero-order valence-corrected chi connectivity index (χ0v) is 16.9. The van der Waals surface area contributed by atoms with Crippen LogP contribution in [0.25, 0.3) is 0 Å². The van der Waals surface area contributed by atoms with Crippen molar-refractivity contribution in [3.63, 3.8) is 0 Å². The van der Waals surface area contributed by atoms with Gasteiger partial charge in [0, 0.05) is 24.2 Å². The summed E-state index contributed by atoms with van der Waals surface area (Å²) in [6.45, 7) is 4.35. The summed E-state index contributed by atoms with van der Waals surface area (Å²) < 4.78 is 4.53. The van der Waals surface area contributed by atoms with Crippen LogP contribution in [0.3, 0.4) is 0 Å². The van der Waals surface area contributed by atoms with Crippen LogP contribution in [-0.2, 0) is 11.3 Å². The van der Waals surface area contributed by atoms with Gasteiger partial charge in [-0.05, 0) is 43.9 Å². The van der Waals surface area contributed by atoms with E-state index in [0.29, 0.717) is 11.7 Å². The first kappa shape index (κ1) is 19.9. The van der Waals surface area contributed by atoms with Gasteiger partial charge in [0.05, 0.1) is 25.0 Å². The lowest BCUT2D eigenvalue weighted by Gasteiger charge is -2.30. The van der Waals surface area contributed by atoms with Gasteiger partial charge >= 0.3 is 12.1 Å². The first-order chi connectivity index (χ1) is 13.5. The zero-order chi connectivity index (χ0) is 19.9. The largest absolute Gasteiger partial charge is 0.453 e. The van der Waals surface area contributed by atoms with E-state index in [2.05, 4.69) is 43.6 Å². The highest BCUT2D eigenvalue weighted by Gasteiger charge is 2.16. The normalized spacial score (nSPS) is 13.7. The molecule has 0 aliphatic carbocycles. The molecule has 0 radical (unpaired) electrons. The lowest BCUT2D eigenvalue weighted by Crippen LogP contribution is -2.31. The van der Waals surface area contributed by atoms with Crippen LogP contribution < -0.4 is 20.9 Å². The number of anilines is 3. The minimum atomic E-state index is -0.509. The Morgan fingerprint density at radius 3 is 2.75 bits per heavy atom. The molecule has 2 heterocycles. The predicted molar refractivity (Wildman–Crippen MR) is 111 cm³/mol. The number of urea groups is 1. The Morgan fingerprint density at radius 1 is 1.21 bits per heavy atom. The SMILES string of the molecule is COC(=O)NCc1cnc(NC(=O)Nc2ccc(C)cc2N2CCCCC2)s1. The Bertz CT molecular complexity index is 833. The van der Waals surface area contributed by atoms with E-state index in [4.69, 9.17) is 0 Å². The molecule has 8 nitrogen and oxygen atoms in total. The molecule has 3 N–H and O–H groups in total. The third-order valence-electron chi connectivity index (χ3n) is 4.46. The van der Waals surface area contributed by atoms with Crippen molar-refractivity contribution in [3.8, 4) is 0 Å². The summed E-state index contributed by atoms with van der Waals surface area (Å²) in [4.78, 5) is 30.9. The van der Waals surface area contributed by atoms with Crippen LogP contribution in [-0.4, -0.2) is 37.3 Å². The van der Waals surface area contributed by atoms with E-state index >= 15 is 0 Å². The number of amides is 3. The molecule has 2 aromatic rings. The second-order valence-corrected chi connectivity index (χ2v) is 7.74. The highest BCUT2D eigenvalue weighted by molar-refractivity contribution is 7.15. The smallest absolute Gasteiger partial charge is 0.407 e. The van der Waals surface area contributed by atoms with E-state index in [0.717, 1.165) is 34.9 Å². The first-order valence-corrected chi connectivity index (χ1v) is 10.1. The van der Waals surface area contributed by atoms with Gasteiger partial charge < -0.3 is 20.3 Å². The van der Waals surface area contributed by atoms with E-state index in [-0.39, 0.29) is 6.03 Å². The van der Waals surface area contributed by atoms with Crippen molar-refractivity contribution < 1.29 is 14.3 Å². The van der Waals surface area contributed by atoms with Crippen molar-refractivity contribution in [3.05, 3.63) is 34.8 Å². The molecule has 3 amide bonds. The molecule has 1 fully saturated rings. The second-order valence-electron chi connectivity index (χ2n) is 6.62. The maximum Gasteiger partial charge on any atom is 0.407 e. The highest BCUT2D eigenvalue weighted by Crippen LogP contribution is 2.30. The van der Waals surface area contributed by atoms with Gasteiger partial charge in [0.25, 0.3) is 0 Å². The summed E-state index contributed by atoms with van der Waals surface area (Å²) in [6, 6.07) is 5.69. The number of carbonyl (C=O) groups is 2. The van der Waals surface area contributed by atoms with Gasteiger partial charge in [-0.2, -0.15) is 0 Å². The molecule has 1 aromatic heterocycles. The van der Waals surface area contributed by atoms with Gasteiger partial charge in [-0.1, -0.05) is 17.4 Å². The molecular weight excluding hydrogens is 378 g/mol. The van der Waals surface area contributed by atoms with Crippen LogP contribution in [0.4, 0.5) is 26.1 Å². The van der Waals surface area contributed by atoms with Crippen molar-refractivity contribution in [2.75, 3.05) is 35.7 Å². The van der Waals surface area contributed by atoms with Crippen molar-refractivity contribution in [2.24, 2.45) is 0 Å². The summed E-state index contributed by atoms with van der Waals surface area (Å²) in [6.07, 6.45) is 4.69. The molecule has 3 rings (SSSR count). The van der Waals surface area contributed by atoms with Gasteiger partial charge in [-0.3, -0.25) is 5.32 Å². The number of piperidine rings is 1. The molecule has 1 saturated heterocycles. The van der Waals surface area contributed by atoms with Gasteiger partial charge in [0.2, 0.25) is 0 Å². The van der Waals surface area contributed by atoms with E-state index in [1.54, 1.807) is 6.20 Å². The molecule has 9 heteroatoms. The van der Waals surface area contributed by atoms with Crippen LogP contribution in [0.15, 0.2) is 24.4 Å². The van der Waals surface area contributed by atoms with Crippen LogP contribution in [0, 0.1) is 6.92 Å². The minimum Gasteiger partial charge on any atom is -0.453 e. The van der Waals surface area contributed by atoms with Gasteiger partial charge in [0.15, 0.2) is 5.13 Å². The van der Waals surface area contributed by atoms with Crippen LogP contribution in [0.5, 0.6) is 0 Å². The monoisotopic (exact) mass is 403 g/mol. The van der Waals surface area contributed by atoms with Crippen LogP contribution >= 0.6 is 11.3 Å². The van der Waals surface area contributed by atoms with E-state index < -0.39 is 6.09 Å². The molecule has 0 spiro atoms. The average molecular weight is 404 g/mol. The fraction of sp³-hybridized carbons (Fsp3) is 0.421. The molecule has 0 saturated carbocycles. The molecule has 1 aliphatic heterocycles. The number of carbonyl (C=O) groups excluding carboxylic acids is 2. The summed E-state index contributed by atoms with van der Waals surface area (Å²) in [5.74, 6) is 0. The van der Waals surface area contributed by atoms with E-state index in [9.17, 15) is 9.59 Å². The summed E-state index contributed by atoms with van der Waals surface area (Å²) in [5.41, 5.74) is 3.00. The summed E-state index contributed by atoms with van der Waals surface area (Å²) >= 11 is 1.30. The maximum absolute atomic E-state index is 12.5. The van der Waals surface area contributed by atoms with Crippen LogP contribution in [0.2, 0.25) is 0 Å². The highest BCUT2D eigenvalue weighted by atomic mass is 32.1. The Labute approximate surface area is 168 Å². The number of aryl methyl sites for hydroxylation is 1. The van der Waals surface area contributed by atoms with Crippen molar-refractivity contribution in [2.45, 2.75) is 32.7 Å². The summed E-state index contributed by atoms with van der Waals surface area (Å²) in [5, 5.41) is 8.73. The van der Waals surface area contributed by atoms with Crippen molar-refractivity contribution >= 4 is 40.0 Å². The number of nitrogens with one attached hydrogen (secondary N) is 3. The van der Waals surface area contributed by atoms with Gasteiger partial charge in [-0.15, -0.1) is 0 Å². The number of benzene rings is 1. The molecule has 0 unspecified atom stereocenters. The number of methoxy groups -OCH3 is 1. The molecule has 0 atom stereocenters. The van der Waals surface area contributed by atoms with Gasteiger partial charge in [-0.25, -0.2) is 14.6 Å². The lowest BCUT2D eigenvalue weighted by molar-refractivity contribution is 0.170. The number of alkyl carbamates (subject to hydrolysis) is 1. The van der Waals surface area contributed by atoms with Crippen molar-refractivity contribution in [1.29, 1.82) is 0 Å². The third-order valence-corrected chi connectivity index (χ3v) is 5.38. The predicted octanol–water partition coefficient (Wildman–Crippen LogP) is 3.94. The number of hydrogen-bond donors (Lipinski definition) is 3. The quantitative estimate of drug-likeness (QED) is 0.703.